The molecule has 1 aliphatic carbocycles. The van der Waals surface area contributed by atoms with Gasteiger partial charge in [-0.15, -0.1) is 46.2 Å². The van der Waals surface area contributed by atoms with Crippen molar-refractivity contribution >= 4 is 32.7 Å². The first-order valence-corrected chi connectivity index (χ1v) is 16.0. The second-order valence-electron chi connectivity index (χ2n) is 8.88. The van der Waals surface area contributed by atoms with E-state index in [0.717, 1.165) is 13.0 Å². The Morgan fingerprint density at radius 2 is 1.68 bits per heavy atom. The minimum Gasteiger partial charge on any atom is -1.00 e. The monoisotopic (exact) mass is 527 g/mol. The van der Waals surface area contributed by atoms with Crippen LogP contribution in [0.25, 0.3) is 16.3 Å². The second kappa shape index (κ2) is 11.0. The molecule has 1 nitrogen and oxygen atoms in total. The number of halogens is 2. The van der Waals surface area contributed by atoms with E-state index in [2.05, 4.69) is 82.1 Å². The first-order chi connectivity index (χ1) is 11.7. The molecule has 0 fully saturated rings. The van der Waals surface area contributed by atoms with Crippen molar-refractivity contribution in [3.63, 3.8) is 0 Å². The van der Waals surface area contributed by atoms with Crippen molar-refractivity contribution in [2.24, 2.45) is 0 Å². The molecule has 0 heterocycles. The molecule has 0 N–H and O–H groups in total. The average Bonchev–Trinajstić information content (AvgIpc) is 3.08. The summed E-state index contributed by atoms with van der Waals surface area (Å²) >= 11 is 0. The maximum Gasteiger partial charge on any atom is 3.00 e. The summed E-state index contributed by atoms with van der Waals surface area (Å²) in [4.78, 5) is 0. The van der Waals surface area contributed by atoms with Gasteiger partial charge < -0.3 is 29.2 Å². The van der Waals surface area contributed by atoms with Crippen LogP contribution >= 0.6 is 0 Å². The van der Waals surface area contributed by atoms with E-state index >= 15 is 0 Å². The molecule has 2 aromatic carbocycles. The summed E-state index contributed by atoms with van der Waals surface area (Å²) in [6.45, 7) is 15.0. The first-order valence-electron chi connectivity index (χ1n) is 9.38. The molecule has 0 amide bonds. The van der Waals surface area contributed by atoms with Crippen molar-refractivity contribution in [1.82, 2.24) is 0 Å². The average molecular weight is 530 g/mol. The minimum absolute atomic E-state index is 0. The van der Waals surface area contributed by atoms with Crippen molar-refractivity contribution < 1.29 is 55.4 Å². The van der Waals surface area contributed by atoms with Crippen LogP contribution in [0.4, 0.5) is 0 Å². The zero-order chi connectivity index (χ0) is 18.2. The fourth-order valence-electron chi connectivity index (χ4n) is 3.89. The molecule has 151 valence electrons. The summed E-state index contributed by atoms with van der Waals surface area (Å²) < 4.78 is 6.17. The second-order valence-corrected chi connectivity index (χ2v) is 18.2. The van der Waals surface area contributed by atoms with Crippen molar-refractivity contribution in [1.29, 1.82) is 0 Å². The molecule has 0 atom stereocenters. The topological polar surface area (TPSA) is 9.23 Å². The molecule has 0 spiro atoms. The molecule has 28 heavy (non-hydrogen) atoms. The summed E-state index contributed by atoms with van der Waals surface area (Å²) in [5.74, 6) is 0. The van der Waals surface area contributed by atoms with E-state index in [-0.39, 0.29) is 51.0 Å². The van der Waals surface area contributed by atoms with E-state index in [4.69, 9.17) is 4.43 Å². The van der Waals surface area contributed by atoms with E-state index in [1.807, 2.05) is 0 Å². The summed E-state index contributed by atoms with van der Waals surface area (Å²) in [5.41, 5.74) is 4.48. The maximum absolute atomic E-state index is 6.17. The van der Waals surface area contributed by atoms with Gasteiger partial charge in [-0.25, -0.2) is 0 Å². The van der Waals surface area contributed by atoms with Crippen LogP contribution in [0.2, 0.25) is 38.8 Å². The molecular weight excluding hydrogens is 499 g/mol. The van der Waals surface area contributed by atoms with Gasteiger partial charge in [-0.3, -0.25) is 0 Å². The van der Waals surface area contributed by atoms with Gasteiger partial charge in [0.15, 0.2) is 8.32 Å². The fourth-order valence-corrected chi connectivity index (χ4v) is 7.31. The molecule has 3 rings (SSSR count). The van der Waals surface area contributed by atoms with Gasteiger partial charge in [-0.2, -0.15) is 0 Å². The number of hydrogen-bond donors (Lipinski definition) is 0. The van der Waals surface area contributed by atoms with Crippen LogP contribution in [0.3, 0.4) is 0 Å². The Labute approximate surface area is 204 Å². The number of allylic oxidation sites excluding steroid dienone is 4. The Balaban J connectivity index is 0.00000243. The van der Waals surface area contributed by atoms with Gasteiger partial charge in [0.05, 0.1) is 8.07 Å². The Morgan fingerprint density at radius 3 is 2.32 bits per heavy atom. The van der Waals surface area contributed by atoms with Crippen LogP contribution in [-0.4, -0.2) is 23.0 Å². The molecule has 0 aliphatic heterocycles. The van der Waals surface area contributed by atoms with Crippen molar-refractivity contribution in [3.05, 3.63) is 58.8 Å². The zero-order valence-corrected chi connectivity index (χ0v) is 23.8. The fraction of sp³-hybridized carbons (Fsp3) is 0.409. The third-order valence-corrected chi connectivity index (χ3v) is 9.67. The van der Waals surface area contributed by atoms with Gasteiger partial charge in [0.1, 0.15) is 0 Å². The number of rotatable bonds is 6. The van der Waals surface area contributed by atoms with Crippen molar-refractivity contribution in [2.75, 3.05) is 6.61 Å². The Hall–Kier alpha value is 0.167. The van der Waals surface area contributed by atoms with Gasteiger partial charge in [-0.05, 0) is 32.1 Å². The van der Waals surface area contributed by atoms with Crippen LogP contribution < -0.4 is 24.8 Å². The number of fused-ring (bicyclic) bond motifs is 1. The smallest absolute Gasteiger partial charge is 1.00 e. The molecule has 0 saturated heterocycles. The van der Waals surface area contributed by atoms with E-state index in [9.17, 15) is 0 Å². The van der Waals surface area contributed by atoms with Crippen LogP contribution in [0.1, 0.15) is 17.5 Å². The molecule has 1 aliphatic rings. The molecule has 0 aromatic heterocycles. The standard InChI is InChI=1S/C22H31OSi2.2ClH.Zr/c1-17-16-18-10-7-8-11-19(18)22(17)20-12-9-13-21(20)25(5,6)15-14-23-24(2,3)4;;;/h7-11,13,16H,12,14-15H2,1-6H3;2*1H;/q-1;;;+3/p-2. The van der Waals surface area contributed by atoms with Gasteiger partial charge in [-0.1, -0.05) is 49.0 Å². The minimum atomic E-state index is -1.51. The molecular formula is C22H31Cl2OSi2Zr. The zero-order valence-electron chi connectivity index (χ0n) is 17.8. The number of aryl methyl sites for hydroxylation is 1. The third kappa shape index (κ3) is 6.33. The summed E-state index contributed by atoms with van der Waals surface area (Å²) in [6.07, 6.45) is 5.85. The normalized spacial score (nSPS) is 13.9. The van der Waals surface area contributed by atoms with Gasteiger partial charge in [0.25, 0.3) is 0 Å². The molecule has 6 heteroatoms. The number of benzene rings is 1. The quantitative estimate of drug-likeness (QED) is 0.395. The Bertz CT molecular complexity index is 848. The predicted octanol–water partition coefficient (Wildman–Crippen LogP) is 0.685. The van der Waals surface area contributed by atoms with E-state index < -0.39 is 16.4 Å². The molecule has 0 unspecified atom stereocenters. The van der Waals surface area contributed by atoms with Crippen LogP contribution in [0.5, 0.6) is 0 Å². The van der Waals surface area contributed by atoms with Gasteiger partial charge in [0, 0.05) is 6.61 Å². The summed E-state index contributed by atoms with van der Waals surface area (Å²) in [6, 6.07) is 12.4. The SMILES string of the molecule is Cc1[cH-]c2ccccc2c1C1=C([Si](C)(C)CCO[Si](C)(C)C)C=CC1.[Cl-].[Cl-].[Zr+3]. The number of hydrogen-bond acceptors (Lipinski definition) is 1. The van der Waals surface area contributed by atoms with Crippen LogP contribution in [-0.2, 0) is 30.6 Å². The molecule has 1 radical (unpaired) electrons. The first kappa shape index (κ1) is 28.2. The van der Waals surface area contributed by atoms with E-state index in [1.165, 1.54) is 27.9 Å². The van der Waals surface area contributed by atoms with Gasteiger partial charge >= 0.3 is 26.2 Å². The largest absolute Gasteiger partial charge is 3.00 e. The maximum atomic E-state index is 6.17. The predicted molar refractivity (Wildman–Crippen MR) is 117 cm³/mol. The summed E-state index contributed by atoms with van der Waals surface area (Å²) in [5, 5.41) is 4.42. The van der Waals surface area contributed by atoms with Crippen molar-refractivity contribution in [2.45, 2.75) is 52.1 Å². The molecule has 0 saturated carbocycles. The summed E-state index contributed by atoms with van der Waals surface area (Å²) in [7, 11) is -2.93. The van der Waals surface area contributed by atoms with Crippen molar-refractivity contribution in [3.8, 4) is 0 Å². The van der Waals surface area contributed by atoms with Crippen LogP contribution in [0, 0.1) is 6.92 Å². The Morgan fingerprint density at radius 1 is 1.04 bits per heavy atom. The molecule has 2 aromatic rings. The van der Waals surface area contributed by atoms with E-state index in [0.29, 0.717) is 0 Å². The van der Waals surface area contributed by atoms with Crippen LogP contribution in [0.15, 0.2) is 47.7 Å². The van der Waals surface area contributed by atoms with E-state index in [1.54, 1.807) is 10.8 Å². The third-order valence-electron chi connectivity index (χ3n) is 5.22. The van der Waals surface area contributed by atoms with Gasteiger partial charge in [0.2, 0.25) is 0 Å². The Kier molecular flexibility index (Phi) is 11.0. The molecule has 0 bridgehead atoms.